The van der Waals surface area contributed by atoms with Gasteiger partial charge in [0.25, 0.3) is 0 Å². The van der Waals surface area contributed by atoms with Gasteiger partial charge in [0.05, 0.1) is 0 Å². The molecule has 0 radical (unpaired) electrons. The Labute approximate surface area is 64.4 Å². The van der Waals surface area contributed by atoms with Crippen LogP contribution < -0.4 is 5.73 Å². The Morgan fingerprint density at radius 3 is 2.64 bits per heavy atom. The number of benzene rings is 1. The lowest BCUT2D eigenvalue weighted by atomic mass is 10.1. The van der Waals surface area contributed by atoms with Gasteiger partial charge in [-0.2, -0.15) is 0 Å². The summed E-state index contributed by atoms with van der Waals surface area (Å²) >= 11 is 0. The molecule has 0 aliphatic heterocycles. The lowest BCUT2D eigenvalue weighted by Crippen LogP contribution is -1.99. The van der Waals surface area contributed by atoms with Crippen molar-refractivity contribution in [2.24, 2.45) is 0 Å². The summed E-state index contributed by atoms with van der Waals surface area (Å²) in [5.74, 6) is -0.368. The molecule has 1 aromatic carbocycles. The summed E-state index contributed by atoms with van der Waals surface area (Å²) in [6.45, 7) is 1.61. The quantitative estimate of drug-likeness (QED) is 0.467. The van der Waals surface area contributed by atoms with Gasteiger partial charge >= 0.3 is 0 Å². The van der Waals surface area contributed by atoms with Gasteiger partial charge in [0.1, 0.15) is 5.82 Å². The van der Waals surface area contributed by atoms with Crippen LogP contribution in [-0.2, 0) is 0 Å². The molecule has 0 aromatic heterocycles. The van der Waals surface area contributed by atoms with E-state index in [1.165, 1.54) is 18.2 Å². The van der Waals surface area contributed by atoms with Gasteiger partial charge in [0.15, 0.2) is 0 Å². The molecule has 0 atom stereocenters. The van der Waals surface area contributed by atoms with Crippen molar-refractivity contribution >= 4 is 11.4 Å². The van der Waals surface area contributed by atoms with Crippen LogP contribution in [0.15, 0.2) is 18.2 Å². The Bertz CT molecular complexity index is 294. The van der Waals surface area contributed by atoms with E-state index in [1.54, 1.807) is 6.92 Å². The summed E-state index contributed by atoms with van der Waals surface area (Å²) in [4.78, 5) is 0. The maximum absolute atomic E-state index is 12.5. The van der Waals surface area contributed by atoms with Crippen LogP contribution >= 0.6 is 0 Å². The molecule has 0 saturated carbocycles. The highest BCUT2D eigenvalue weighted by molar-refractivity contribution is 6.00. The summed E-state index contributed by atoms with van der Waals surface area (Å²) in [5, 5.41) is 7.24. The minimum Gasteiger partial charge on any atom is -0.398 e. The van der Waals surface area contributed by atoms with Crippen LogP contribution in [0.5, 0.6) is 0 Å². The predicted molar refractivity (Wildman–Crippen MR) is 43.3 cm³/mol. The molecule has 0 fully saturated rings. The van der Waals surface area contributed by atoms with Crippen molar-refractivity contribution in [2.75, 3.05) is 5.73 Å². The highest BCUT2D eigenvalue weighted by atomic mass is 19.1. The lowest BCUT2D eigenvalue weighted by molar-refractivity contribution is 0.628. The summed E-state index contributed by atoms with van der Waals surface area (Å²) in [6, 6.07) is 4.02. The second-order valence-corrected chi connectivity index (χ2v) is 2.36. The molecular weight excluding hydrogens is 143 g/mol. The predicted octanol–water partition coefficient (Wildman–Crippen LogP) is 1.80. The van der Waals surface area contributed by atoms with Gasteiger partial charge < -0.3 is 11.1 Å². The SMILES string of the molecule is CC(=N)c1ccc(F)cc1N. The summed E-state index contributed by atoms with van der Waals surface area (Å²) in [5.41, 5.74) is 6.70. The van der Waals surface area contributed by atoms with Crippen molar-refractivity contribution in [3.05, 3.63) is 29.6 Å². The van der Waals surface area contributed by atoms with E-state index in [0.717, 1.165) is 0 Å². The van der Waals surface area contributed by atoms with Crippen molar-refractivity contribution in [1.29, 1.82) is 5.41 Å². The molecule has 0 aliphatic carbocycles. The van der Waals surface area contributed by atoms with Crippen LogP contribution in [0, 0.1) is 11.2 Å². The summed E-state index contributed by atoms with van der Waals surface area (Å²) in [6.07, 6.45) is 0. The average molecular weight is 152 g/mol. The third kappa shape index (κ3) is 1.55. The molecule has 0 bridgehead atoms. The molecule has 11 heavy (non-hydrogen) atoms. The summed E-state index contributed by atoms with van der Waals surface area (Å²) < 4.78 is 12.5. The van der Waals surface area contributed by atoms with Crippen molar-refractivity contribution in [2.45, 2.75) is 6.92 Å². The van der Waals surface area contributed by atoms with E-state index in [2.05, 4.69) is 0 Å². The van der Waals surface area contributed by atoms with E-state index < -0.39 is 0 Å². The minimum atomic E-state index is -0.368. The molecule has 0 heterocycles. The number of hydrogen-bond donors (Lipinski definition) is 2. The van der Waals surface area contributed by atoms with Crippen LogP contribution in [-0.4, -0.2) is 5.71 Å². The largest absolute Gasteiger partial charge is 0.398 e. The van der Waals surface area contributed by atoms with Gasteiger partial charge in [-0.25, -0.2) is 4.39 Å². The molecule has 2 nitrogen and oxygen atoms in total. The zero-order chi connectivity index (χ0) is 8.43. The Morgan fingerprint density at radius 2 is 2.18 bits per heavy atom. The fourth-order valence-electron chi connectivity index (χ4n) is 0.875. The van der Waals surface area contributed by atoms with E-state index >= 15 is 0 Å². The molecule has 0 spiro atoms. The lowest BCUT2D eigenvalue weighted by Gasteiger charge is -2.01. The third-order valence-corrected chi connectivity index (χ3v) is 1.42. The number of rotatable bonds is 1. The topological polar surface area (TPSA) is 49.9 Å². The molecule has 1 aromatic rings. The Hall–Kier alpha value is -1.38. The van der Waals surface area contributed by atoms with E-state index in [4.69, 9.17) is 11.1 Å². The number of nitrogen functional groups attached to an aromatic ring is 1. The molecule has 0 amide bonds. The van der Waals surface area contributed by atoms with Crippen LogP contribution in [0.4, 0.5) is 10.1 Å². The van der Waals surface area contributed by atoms with Crippen molar-refractivity contribution in [1.82, 2.24) is 0 Å². The monoisotopic (exact) mass is 152 g/mol. The van der Waals surface area contributed by atoms with Gasteiger partial charge in [-0.05, 0) is 25.1 Å². The zero-order valence-corrected chi connectivity index (χ0v) is 6.19. The van der Waals surface area contributed by atoms with E-state index in [9.17, 15) is 4.39 Å². The maximum atomic E-state index is 12.5. The highest BCUT2D eigenvalue weighted by Crippen LogP contribution is 2.13. The van der Waals surface area contributed by atoms with Gasteiger partial charge in [-0.3, -0.25) is 0 Å². The van der Waals surface area contributed by atoms with E-state index in [0.29, 0.717) is 17.0 Å². The molecule has 0 unspecified atom stereocenters. The maximum Gasteiger partial charge on any atom is 0.125 e. The average Bonchev–Trinajstić information content (AvgIpc) is 1.85. The highest BCUT2D eigenvalue weighted by Gasteiger charge is 2.01. The first kappa shape index (κ1) is 7.72. The van der Waals surface area contributed by atoms with Crippen LogP contribution in [0.25, 0.3) is 0 Å². The first-order valence-corrected chi connectivity index (χ1v) is 3.22. The van der Waals surface area contributed by atoms with Crippen LogP contribution in [0.3, 0.4) is 0 Å². The van der Waals surface area contributed by atoms with Crippen molar-refractivity contribution in [3.8, 4) is 0 Å². The fourth-order valence-corrected chi connectivity index (χ4v) is 0.875. The second kappa shape index (κ2) is 2.70. The number of anilines is 1. The third-order valence-electron chi connectivity index (χ3n) is 1.42. The molecule has 0 aliphatic rings. The standard InChI is InChI=1S/C8H9FN2/c1-5(10)7-3-2-6(9)4-8(7)11/h2-4,10H,11H2,1H3. The van der Waals surface area contributed by atoms with Gasteiger partial charge in [0.2, 0.25) is 0 Å². The fraction of sp³-hybridized carbons (Fsp3) is 0.125. The van der Waals surface area contributed by atoms with Crippen molar-refractivity contribution in [3.63, 3.8) is 0 Å². The van der Waals surface area contributed by atoms with E-state index in [1.807, 2.05) is 0 Å². The van der Waals surface area contributed by atoms with Crippen LogP contribution in [0.2, 0.25) is 0 Å². The molecular formula is C8H9FN2. The molecule has 0 saturated heterocycles. The molecule has 1 rings (SSSR count). The Balaban J connectivity index is 3.20. The first-order valence-electron chi connectivity index (χ1n) is 3.22. The smallest absolute Gasteiger partial charge is 0.125 e. The van der Waals surface area contributed by atoms with Gasteiger partial charge in [-0.15, -0.1) is 0 Å². The number of hydrogen-bond acceptors (Lipinski definition) is 2. The molecule has 3 heteroatoms. The summed E-state index contributed by atoms with van der Waals surface area (Å²) in [7, 11) is 0. The minimum absolute atomic E-state index is 0.317. The first-order chi connectivity index (χ1) is 5.11. The van der Waals surface area contributed by atoms with Crippen molar-refractivity contribution < 1.29 is 4.39 Å². The molecule has 3 N–H and O–H groups in total. The Morgan fingerprint density at radius 1 is 1.55 bits per heavy atom. The Kier molecular flexibility index (Phi) is 1.89. The zero-order valence-electron chi connectivity index (χ0n) is 6.19. The van der Waals surface area contributed by atoms with Crippen LogP contribution in [0.1, 0.15) is 12.5 Å². The number of nitrogens with one attached hydrogen (secondary N) is 1. The second-order valence-electron chi connectivity index (χ2n) is 2.36. The van der Waals surface area contributed by atoms with Gasteiger partial charge in [-0.1, -0.05) is 0 Å². The van der Waals surface area contributed by atoms with Gasteiger partial charge in [0, 0.05) is 17.0 Å². The number of nitrogens with two attached hydrogens (primary N) is 1. The number of halogens is 1. The normalized spacial score (nSPS) is 9.64. The molecule has 58 valence electrons. The van der Waals surface area contributed by atoms with E-state index in [-0.39, 0.29) is 5.82 Å².